The van der Waals surface area contributed by atoms with Crippen LogP contribution in [0.1, 0.15) is 25.3 Å². The fourth-order valence-electron chi connectivity index (χ4n) is 3.95. The summed E-state index contributed by atoms with van der Waals surface area (Å²) in [7, 11) is -3.90. The first kappa shape index (κ1) is 22.2. The minimum absolute atomic E-state index is 0.0218. The van der Waals surface area contributed by atoms with Crippen molar-refractivity contribution in [2.75, 3.05) is 23.7 Å². The number of benzene rings is 2. The van der Waals surface area contributed by atoms with Crippen molar-refractivity contribution < 1.29 is 27.1 Å². The van der Waals surface area contributed by atoms with Gasteiger partial charge in [0.1, 0.15) is 11.6 Å². The molecule has 2 aliphatic rings. The van der Waals surface area contributed by atoms with E-state index in [0.29, 0.717) is 35.5 Å². The molecule has 0 bridgehead atoms. The Kier molecular flexibility index (Phi) is 5.91. The highest BCUT2D eigenvalue weighted by atomic mass is 32.2. The van der Waals surface area contributed by atoms with Crippen molar-refractivity contribution in [3.63, 3.8) is 0 Å². The SMILES string of the molecule is Cc1cc2c(cc1S(=O)(=O)N1CCCC(C(=O)Nc3cccc(F)c3)C1)OC(C)C(=O)N2. The van der Waals surface area contributed by atoms with Crippen molar-refractivity contribution in [2.24, 2.45) is 5.92 Å². The van der Waals surface area contributed by atoms with E-state index in [1.165, 1.54) is 28.6 Å². The topological polar surface area (TPSA) is 105 Å². The van der Waals surface area contributed by atoms with Crippen LogP contribution in [-0.2, 0) is 19.6 Å². The molecule has 2 atom stereocenters. The summed E-state index contributed by atoms with van der Waals surface area (Å²) in [6.07, 6.45) is 0.323. The van der Waals surface area contributed by atoms with Crippen molar-refractivity contribution in [3.05, 3.63) is 47.8 Å². The smallest absolute Gasteiger partial charge is 0.265 e. The number of hydrogen-bond donors (Lipinski definition) is 2. The van der Waals surface area contributed by atoms with E-state index in [4.69, 9.17) is 4.74 Å². The van der Waals surface area contributed by atoms with E-state index in [9.17, 15) is 22.4 Å². The number of anilines is 2. The summed E-state index contributed by atoms with van der Waals surface area (Å²) >= 11 is 0. The summed E-state index contributed by atoms with van der Waals surface area (Å²) in [5.41, 5.74) is 1.22. The van der Waals surface area contributed by atoms with Crippen LogP contribution in [0.3, 0.4) is 0 Å². The second-order valence-electron chi connectivity index (χ2n) is 8.06. The Bertz CT molecular complexity index is 1180. The van der Waals surface area contributed by atoms with Crippen molar-refractivity contribution in [3.8, 4) is 5.75 Å². The van der Waals surface area contributed by atoms with Gasteiger partial charge < -0.3 is 15.4 Å². The van der Waals surface area contributed by atoms with E-state index in [1.807, 2.05) is 0 Å². The van der Waals surface area contributed by atoms with Crippen LogP contribution in [0.2, 0.25) is 0 Å². The molecule has 1 saturated heterocycles. The molecule has 0 spiro atoms. The first-order chi connectivity index (χ1) is 15.1. The maximum atomic E-state index is 13.4. The Labute approximate surface area is 185 Å². The zero-order valence-corrected chi connectivity index (χ0v) is 18.5. The second-order valence-corrected chi connectivity index (χ2v) is 9.97. The molecule has 10 heteroatoms. The number of sulfonamides is 1. The number of amides is 2. The number of nitrogens with zero attached hydrogens (tertiary/aromatic N) is 1. The van der Waals surface area contributed by atoms with Crippen LogP contribution < -0.4 is 15.4 Å². The van der Waals surface area contributed by atoms with Gasteiger partial charge in [0.2, 0.25) is 15.9 Å². The Morgan fingerprint density at radius 1 is 1.28 bits per heavy atom. The fraction of sp³-hybridized carbons (Fsp3) is 0.364. The van der Waals surface area contributed by atoms with Gasteiger partial charge in [0.15, 0.2) is 6.10 Å². The average molecular weight is 462 g/mol. The third-order valence-electron chi connectivity index (χ3n) is 5.67. The van der Waals surface area contributed by atoms with Crippen molar-refractivity contribution in [2.45, 2.75) is 37.7 Å². The molecule has 0 aliphatic carbocycles. The molecule has 8 nitrogen and oxygen atoms in total. The normalized spacial score (nSPS) is 21.3. The molecule has 2 aliphatic heterocycles. The van der Waals surface area contributed by atoms with Crippen LogP contribution in [0, 0.1) is 18.7 Å². The summed E-state index contributed by atoms with van der Waals surface area (Å²) in [6, 6.07) is 8.56. The molecule has 0 radical (unpaired) electrons. The van der Waals surface area contributed by atoms with E-state index in [2.05, 4.69) is 10.6 Å². The maximum absolute atomic E-state index is 13.4. The largest absolute Gasteiger partial charge is 0.479 e. The van der Waals surface area contributed by atoms with E-state index in [0.717, 1.165) is 0 Å². The van der Waals surface area contributed by atoms with Gasteiger partial charge in [-0.1, -0.05) is 6.07 Å². The van der Waals surface area contributed by atoms with Crippen molar-refractivity contribution >= 4 is 33.2 Å². The third-order valence-corrected chi connectivity index (χ3v) is 7.68. The highest BCUT2D eigenvalue weighted by Crippen LogP contribution is 2.36. The first-order valence-corrected chi connectivity index (χ1v) is 11.8. The number of fused-ring (bicyclic) bond motifs is 1. The monoisotopic (exact) mass is 461 g/mol. The number of halogens is 1. The van der Waals surface area contributed by atoms with Crippen LogP contribution in [0.5, 0.6) is 5.75 Å². The lowest BCUT2D eigenvalue weighted by molar-refractivity contribution is -0.123. The quantitative estimate of drug-likeness (QED) is 0.729. The molecule has 170 valence electrons. The fourth-order valence-corrected chi connectivity index (χ4v) is 5.69. The highest BCUT2D eigenvalue weighted by molar-refractivity contribution is 7.89. The molecule has 2 aromatic carbocycles. The summed E-state index contributed by atoms with van der Waals surface area (Å²) in [6.45, 7) is 3.54. The minimum atomic E-state index is -3.90. The molecule has 0 aromatic heterocycles. The summed E-state index contributed by atoms with van der Waals surface area (Å²) in [5, 5.41) is 5.37. The van der Waals surface area contributed by atoms with Crippen LogP contribution in [0.15, 0.2) is 41.3 Å². The van der Waals surface area contributed by atoms with Gasteiger partial charge in [-0.05, 0) is 56.5 Å². The lowest BCUT2D eigenvalue weighted by atomic mass is 9.99. The summed E-state index contributed by atoms with van der Waals surface area (Å²) in [4.78, 5) is 24.6. The number of aryl methyl sites for hydroxylation is 1. The van der Waals surface area contributed by atoms with Gasteiger partial charge in [-0.2, -0.15) is 4.31 Å². The van der Waals surface area contributed by atoms with Crippen molar-refractivity contribution in [1.29, 1.82) is 0 Å². The predicted molar refractivity (Wildman–Crippen MR) is 116 cm³/mol. The maximum Gasteiger partial charge on any atom is 0.265 e. The van der Waals surface area contributed by atoms with Gasteiger partial charge in [-0.3, -0.25) is 9.59 Å². The molecule has 1 fully saturated rings. The van der Waals surface area contributed by atoms with Gasteiger partial charge in [0.25, 0.3) is 5.91 Å². The van der Waals surface area contributed by atoms with E-state index < -0.39 is 27.9 Å². The molecule has 2 unspecified atom stereocenters. The van der Waals surface area contributed by atoms with Crippen LogP contribution in [0.25, 0.3) is 0 Å². The van der Waals surface area contributed by atoms with Crippen LogP contribution in [-0.4, -0.2) is 43.7 Å². The molecule has 4 rings (SSSR count). The van der Waals surface area contributed by atoms with Crippen LogP contribution in [0.4, 0.5) is 15.8 Å². The van der Waals surface area contributed by atoms with Gasteiger partial charge in [0, 0.05) is 24.8 Å². The molecule has 2 N–H and O–H groups in total. The number of carbonyl (C=O) groups excluding carboxylic acids is 2. The zero-order chi connectivity index (χ0) is 23.0. The first-order valence-electron chi connectivity index (χ1n) is 10.3. The standard InChI is InChI=1S/C22H24FN3O5S/c1-13-9-18-19(31-14(2)21(27)25-18)11-20(13)32(29,30)26-8-4-5-15(12-26)22(28)24-17-7-3-6-16(23)10-17/h3,6-7,9-11,14-15H,4-5,8,12H2,1-2H3,(H,24,28)(H,25,27). The Hall–Kier alpha value is -2.98. The molecular formula is C22H24FN3O5S. The van der Waals surface area contributed by atoms with Crippen molar-refractivity contribution in [1.82, 2.24) is 4.31 Å². The molecule has 2 heterocycles. The third kappa shape index (κ3) is 4.33. The Morgan fingerprint density at radius 2 is 2.06 bits per heavy atom. The summed E-state index contributed by atoms with van der Waals surface area (Å²) in [5.74, 6) is -1.38. The van der Waals surface area contributed by atoms with Gasteiger partial charge in [0.05, 0.1) is 16.5 Å². The van der Waals surface area contributed by atoms with E-state index in [-0.39, 0.29) is 29.8 Å². The predicted octanol–water partition coefficient (Wildman–Crippen LogP) is 2.89. The number of hydrogen-bond acceptors (Lipinski definition) is 5. The van der Waals surface area contributed by atoms with E-state index in [1.54, 1.807) is 26.0 Å². The second kappa shape index (κ2) is 8.51. The van der Waals surface area contributed by atoms with Crippen LogP contribution >= 0.6 is 0 Å². The average Bonchev–Trinajstić information content (AvgIpc) is 2.74. The number of nitrogens with one attached hydrogen (secondary N) is 2. The Balaban J connectivity index is 1.54. The molecular weight excluding hydrogens is 437 g/mol. The minimum Gasteiger partial charge on any atom is -0.479 e. The highest BCUT2D eigenvalue weighted by Gasteiger charge is 2.35. The molecule has 2 aromatic rings. The number of carbonyl (C=O) groups is 2. The Morgan fingerprint density at radius 3 is 2.81 bits per heavy atom. The number of rotatable bonds is 4. The number of piperidine rings is 1. The van der Waals surface area contributed by atoms with Gasteiger partial charge >= 0.3 is 0 Å². The molecule has 2 amide bonds. The molecule has 32 heavy (non-hydrogen) atoms. The zero-order valence-electron chi connectivity index (χ0n) is 17.7. The van der Waals surface area contributed by atoms with E-state index >= 15 is 0 Å². The molecule has 0 saturated carbocycles. The van der Waals surface area contributed by atoms with Gasteiger partial charge in [-0.15, -0.1) is 0 Å². The number of ether oxygens (including phenoxy) is 1. The lowest BCUT2D eigenvalue weighted by Gasteiger charge is -2.32. The lowest BCUT2D eigenvalue weighted by Crippen LogP contribution is -2.44. The van der Waals surface area contributed by atoms with Gasteiger partial charge in [-0.25, -0.2) is 12.8 Å². The summed E-state index contributed by atoms with van der Waals surface area (Å²) < 4.78 is 47.1.